The molecule has 3 unspecified atom stereocenters. The van der Waals surface area contributed by atoms with Gasteiger partial charge in [0.15, 0.2) is 0 Å². The van der Waals surface area contributed by atoms with Gasteiger partial charge in [-0.2, -0.15) is 5.26 Å². The molecule has 3 N–H and O–H groups in total. The number of benzene rings is 1. The highest BCUT2D eigenvalue weighted by Gasteiger charge is 2.55. The van der Waals surface area contributed by atoms with Crippen LogP contribution >= 0.6 is 0 Å². The van der Waals surface area contributed by atoms with Gasteiger partial charge in [0.25, 0.3) is 11.8 Å². The first-order valence-electron chi connectivity index (χ1n) is 15.4. The number of hydrogen-bond acceptors (Lipinski definition) is 8. The Morgan fingerprint density at radius 1 is 1.11 bits per heavy atom. The highest BCUT2D eigenvalue weighted by Crippen LogP contribution is 2.40. The lowest BCUT2D eigenvalue weighted by Gasteiger charge is -2.48. The maximum Gasteiger partial charge on any atom is 0.410 e. The van der Waals surface area contributed by atoms with E-state index in [0.29, 0.717) is 55.7 Å². The zero-order valence-corrected chi connectivity index (χ0v) is 25.9. The highest BCUT2D eigenvalue weighted by molar-refractivity contribution is 5.96. The third-order valence-electron chi connectivity index (χ3n) is 9.25. The number of carbonyl (C=O) groups excluding carboxylic acids is 3. The van der Waals surface area contributed by atoms with Gasteiger partial charge in [0, 0.05) is 62.9 Å². The summed E-state index contributed by atoms with van der Waals surface area (Å²) in [7, 11) is 0. The Bertz CT molecular complexity index is 1310. The van der Waals surface area contributed by atoms with Crippen molar-refractivity contribution in [2.75, 3.05) is 38.0 Å². The average Bonchev–Trinajstić information content (AvgIpc) is 3.32. The number of fused-ring (bicyclic) bond motifs is 1. The van der Waals surface area contributed by atoms with Crippen LogP contribution in [0, 0.1) is 24.2 Å². The number of piperidine rings is 3. The van der Waals surface area contributed by atoms with Crippen LogP contribution in [0.2, 0.25) is 0 Å². The topological polar surface area (TPSA) is 130 Å². The van der Waals surface area contributed by atoms with Crippen molar-refractivity contribution in [2.24, 2.45) is 5.92 Å². The largest absolute Gasteiger partial charge is 0.444 e. The molecule has 0 bridgehead atoms. The zero-order chi connectivity index (χ0) is 31.9. The maximum absolute atomic E-state index is 13.6. The minimum atomic E-state index is -2.73. The van der Waals surface area contributed by atoms with Crippen molar-refractivity contribution < 1.29 is 27.9 Å². The number of aryl methyl sites for hydroxylation is 1. The first-order chi connectivity index (χ1) is 20.7. The van der Waals surface area contributed by atoms with Gasteiger partial charge < -0.3 is 25.2 Å². The number of ether oxygens (including phenoxy) is 1. The van der Waals surface area contributed by atoms with Gasteiger partial charge in [-0.3, -0.25) is 9.59 Å². The predicted octanol–water partition coefficient (Wildman–Crippen LogP) is 3.61. The van der Waals surface area contributed by atoms with Gasteiger partial charge in [-0.1, -0.05) is 0 Å². The van der Waals surface area contributed by atoms with E-state index >= 15 is 0 Å². The molecule has 1 aromatic rings. The van der Waals surface area contributed by atoms with Crippen molar-refractivity contribution in [2.45, 2.75) is 95.5 Å². The lowest BCUT2D eigenvalue weighted by atomic mass is 9.81. The fourth-order valence-corrected chi connectivity index (χ4v) is 6.88. The highest BCUT2D eigenvalue weighted by atomic mass is 19.3. The minimum absolute atomic E-state index is 0.0191. The van der Waals surface area contributed by atoms with E-state index in [-0.39, 0.29) is 56.3 Å². The number of nitrogens with zero attached hydrogens (tertiary/aromatic N) is 4. The van der Waals surface area contributed by atoms with Crippen LogP contribution in [0.5, 0.6) is 0 Å². The van der Waals surface area contributed by atoms with Crippen LogP contribution in [-0.2, 0) is 9.53 Å². The number of nitrogens with one attached hydrogen (secondary N) is 3. The Hall–Kier alpha value is -3.50. The van der Waals surface area contributed by atoms with Crippen LogP contribution in [0.3, 0.4) is 0 Å². The number of anilines is 1. The summed E-state index contributed by atoms with van der Waals surface area (Å²) in [5, 5.41) is 18.4. The number of carbonyl (C=O) groups is 3. The molecule has 4 fully saturated rings. The summed E-state index contributed by atoms with van der Waals surface area (Å²) in [4.78, 5) is 42.2. The van der Waals surface area contributed by atoms with Crippen LogP contribution in [0.15, 0.2) is 18.2 Å². The van der Waals surface area contributed by atoms with E-state index in [1.54, 1.807) is 17.0 Å². The van der Waals surface area contributed by atoms with E-state index in [1.807, 2.05) is 33.8 Å². The molecule has 0 aromatic heterocycles. The fraction of sp³-hybridized carbons (Fsp3) is 0.677. The smallest absolute Gasteiger partial charge is 0.410 e. The lowest BCUT2D eigenvalue weighted by molar-refractivity contribution is -0.128. The SMILES string of the molecule is Cc1cc(NC2NN(C3(CC#N)CCN(C(=O)OC(C)(C)C)CC3)C3CCNC(=O)C23)ccc1C(=O)N1CCC(F)(F)CC1. The van der Waals surface area contributed by atoms with E-state index in [0.717, 1.165) is 0 Å². The average molecular weight is 616 g/mol. The second-order valence-corrected chi connectivity index (χ2v) is 13.5. The summed E-state index contributed by atoms with van der Waals surface area (Å²) in [6.07, 6.45) is 0.499. The van der Waals surface area contributed by atoms with Crippen molar-refractivity contribution in [3.8, 4) is 6.07 Å². The third kappa shape index (κ3) is 6.61. The molecule has 0 radical (unpaired) electrons. The molecule has 13 heteroatoms. The summed E-state index contributed by atoms with van der Waals surface area (Å²) in [6, 6.07) is 7.48. The number of hydrogen-bond donors (Lipinski definition) is 3. The summed E-state index contributed by atoms with van der Waals surface area (Å²) in [5.74, 6) is -3.53. The number of rotatable bonds is 5. The Morgan fingerprint density at radius 3 is 2.39 bits per heavy atom. The second kappa shape index (κ2) is 12.1. The molecule has 0 aliphatic carbocycles. The second-order valence-electron chi connectivity index (χ2n) is 13.5. The lowest BCUT2D eigenvalue weighted by Crippen LogP contribution is -2.62. The molecule has 44 heavy (non-hydrogen) atoms. The molecule has 240 valence electrons. The van der Waals surface area contributed by atoms with Crippen LogP contribution in [0.25, 0.3) is 0 Å². The van der Waals surface area contributed by atoms with Crippen LogP contribution < -0.4 is 16.1 Å². The van der Waals surface area contributed by atoms with Crippen molar-refractivity contribution in [1.29, 1.82) is 5.26 Å². The summed E-state index contributed by atoms with van der Waals surface area (Å²) < 4.78 is 32.8. The number of hydrazine groups is 1. The Kier molecular flexibility index (Phi) is 8.79. The predicted molar refractivity (Wildman–Crippen MR) is 159 cm³/mol. The van der Waals surface area contributed by atoms with Gasteiger partial charge in [0.2, 0.25) is 5.91 Å². The molecule has 3 atom stereocenters. The quantitative estimate of drug-likeness (QED) is 0.458. The van der Waals surface area contributed by atoms with E-state index in [9.17, 15) is 28.4 Å². The molecule has 0 saturated carbocycles. The summed E-state index contributed by atoms with van der Waals surface area (Å²) >= 11 is 0. The number of nitriles is 1. The van der Waals surface area contributed by atoms with Gasteiger partial charge in [-0.05, 0) is 70.7 Å². The van der Waals surface area contributed by atoms with Crippen LogP contribution in [-0.4, -0.2) is 94.7 Å². The molecule has 4 aliphatic rings. The van der Waals surface area contributed by atoms with Gasteiger partial charge in [0.05, 0.1) is 23.9 Å². The van der Waals surface area contributed by atoms with Crippen molar-refractivity contribution in [1.82, 2.24) is 25.6 Å². The Morgan fingerprint density at radius 2 is 1.77 bits per heavy atom. The number of likely N-dealkylation sites (tertiary alicyclic amines) is 2. The monoisotopic (exact) mass is 615 g/mol. The van der Waals surface area contributed by atoms with Gasteiger partial charge in [0.1, 0.15) is 11.8 Å². The Labute approximate surface area is 257 Å². The number of halogens is 2. The van der Waals surface area contributed by atoms with Crippen molar-refractivity contribution in [3.63, 3.8) is 0 Å². The van der Waals surface area contributed by atoms with Crippen molar-refractivity contribution in [3.05, 3.63) is 29.3 Å². The zero-order valence-electron chi connectivity index (χ0n) is 25.9. The van der Waals surface area contributed by atoms with Crippen LogP contribution in [0.4, 0.5) is 19.3 Å². The van der Waals surface area contributed by atoms with E-state index in [4.69, 9.17) is 4.74 Å². The molecule has 5 rings (SSSR count). The molecular weight excluding hydrogens is 572 g/mol. The number of amides is 3. The molecule has 1 aromatic carbocycles. The van der Waals surface area contributed by atoms with Gasteiger partial charge in [-0.15, -0.1) is 0 Å². The summed E-state index contributed by atoms with van der Waals surface area (Å²) in [5.41, 5.74) is 4.21. The standard InChI is InChI=1S/C31H43F2N7O4/c1-20-19-21(5-6-22(20)27(42)38-17-11-31(32,33)12-18-38)36-25-24-23(7-14-35-26(24)41)40(37-25)30(8-13-34)9-15-39(16-10-30)28(43)44-29(2,3)4/h5-6,19,23-25,36-37H,7-12,14-18H2,1-4H3,(H,35,41). The van der Waals surface area contributed by atoms with Gasteiger partial charge >= 0.3 is 6.09 Å². The van der Waals surface area contributed by atoms with E-state index in [2.05, 4.69) is 27.1 Å². The van der Waals surface area contributed by atoms with E-state index in [1.165, 1.54) is 4.90 Å². The van der Waals surface area contributed by atoms with Gasteiger partial charge in [-0.25, -0.2) is 24.0 Å². The first-order valence-corrected chi connectivity index (χ1v) is 15.4. The molecule has 3 amide bonds. The molecule has 0 spiro atoms. The Balaban J connectivity index is 1.31. The number of alkyl halides is 2. The van der Waals surface area contributed by atoms with Crippen molar-refractivity contribution >= 4 is 23.6 Å². The molecule has 4 saturated heterocycles. The molecule has 4 heterocycles. The molecule has 11 nitrogen and oxygen atoms in total. The fourth-order valence-electron chi connectivity index (χ4n) is 6.88. The molecular formula is C31H43F2N7O4. The normalized spacial score (nSPS) is 26.8. The summed E-state index contributed by atoms with van der Waals surface area (Å²) in [6.45, 7) is 8.72. The maximum atomic E-state index is 13.6. The minimum Gasteiger partial charge on any atom is -0.444 e. The van der Waals surface area contributed by atoms with Crippen LogP contribution in [0.1, 0.15) is 75.2 Å². The molecule has 4 aliphatic heterocycles. The van der Waals surface area contributed by atoms with E-state index < -0.39 is 29.1 Å². The first kappa shape index (κ1) is 31.9. The third-order valence-corrected chi connectivity index (χ3v) is 9.25.